The third-order valence-corrected chi connectivity index (χ3v) is 6.68. The van der Waals surface area contributed by atoms with Crippen LogP contribution in [-0.2, 0) is 20.6 Å². The quantitative estimate of drug-likeness (QED) is 0.167. The Morgan fingerprint density at radius 2 is 0.795 bits per heavy atom. The fraction of sp³-hybridized carbons (Fsp3) is 0.364. The second-order valence-corrected chi connectivity index (χ2v) is 10.2. The lowest BCUT2D eigenvalue weighted by molar-refractivity contribution is -0.0288. The van der Waals surface area contributed by atoms with Crippen LogP contribution in [0.5, 0.6) is 28.7 Å². The molecule has 0 aliphatic rings. The number of carbonyl (C=O) groups is 3. The molecule has 236 valence electrons. The topological polar surface area (TPSA) is 125 Å². The first-order chi connectivity index (χ1) is 21.1. The number of carbonyl (C=O) groups excluding carboxylic acids is 3. The molecule has 3 aromatic rings. The lowest BCUT2D eigenvalue weighted by atomic mass is 9.94. The summed E-state index contributed by atoms with van der Waals surface area (Å²) in [4.78, 5) is 39.2. The standard InChI is InChI=1S/C33H38O11/c1-8-21-9-22(11-25(10-21)37-3)30(34)42-18-33(2,19-43-31(35)23-12-26(38-4)16-27(13-23)39-5)20-44-32(36)24-14-28(40-6)17-29(15-24)41-7/h9-17H,8,18-20H2,1-7H3. The number of benzene rings is 3. The van der Waals surface area contributed by atoms with Crippen LogP contribution in [0.4, 0.5) is 0 Å². The molecule has 0 saturated carbocycles. The molecular weight excluding hydrogens is 572 g/mol. The van der Waals surface area contributed by atoms with E-state index in [9.17, 15) is 14.4 Å². The number of hydrogen-bond acceptors (Lipinski definition) is 11. The van der Waals surface area contributed by atoms with Crippen molar-refractivity contribution < 1.29 is 52.3 Å². The average Bonchev–Trinajstić information content (AvgIpc) is 3.07. The van der Waals surface area contributed by atoms with E-state index in [0.717, 1.165) is 5.56 Å². The molecule has 0 aliphatic carbocycles. The first-order valence-electron chi connectivity index (χ1n) is 13.7. The second-order valence-electron chi connectivity index (χ2n) is 10.2. The fourth-order valence-electron chi connectivity index (χ4n) is 4.05. The van der Waals surface area contributed by atoms with Crippen molar-refractivity contribution in [2.45, 2.75) is 20.3 Å². The van der Waals surface area contributed by atoms with Gasteiger partial charge in [0, 0.05) is 12.1 Å². The van der Waals surface area contributed by atoms with Crippen LogP contribution in [0.3, 0.4) is 0 Å². The first kappa shape index (κ1) is 33.6. The van der Waals surface area contributed by atoms with Gasteiger partial charge in [0.15, 0.2) is 0 Å². The highest BCUT2D eigenvalue weighted by molar-refractivity contribution is 5.91. The number of rotatable bonds is 15. The van der Waals surface area contributed by atoms with Crippen molar-refractivity contribution in [3.05, 3.63) is 76.9 Å². The van der Waals surface area contributed by atoms with Crippen LogP contribution in [0.15, 0.2) is 54.6 Å². The maximum atomic E-state index is 13.1. The molecule has 3 rings (SSSR count). The second kappa shape index (κ2) is 15.5. The lowest BCUT2D eigenvalue weighted by Crippen LogP contribution is -2.37. The maximum Gasteiger partial charge on any atom is 0.338 e. The van der Waals surface area contributed by atoms with Gasteiger partial charge >= 0.3 is 17.9 Å². The maximum absolute atomic E-state index is 13.1. The molecule has 11 heteroatoms. The van der Waals surface area contributed by atoms with Gasteiger partial charge in [-0.25, -0.2) is 14.4 Å². The summed E-state index contributed by atoms with van der Waals surface area (Å²) in [7, 11) is 7.38. The Balaban J connectivity index is 1.82. The number of hydrogen-bond donors (Lipinski definition) is 0. The molecule has 0 aromatic heterocycles. The summed E-state index contributed by atoms with van der Waals surface area (Å²) in [6, 6.07) is 14.4. The van der Waals surface area contributed by atoms with Crippen molar-refractivity contribution in [3.8, 4) is 28.7 Å². The van der Waals surface area contributed by atoms with Crippen LogP contribution in [0.2, 0.25) is 0 Å². The third kappa shape index (κ3) is 9.03. The van der Waals surface area contributed by atoms with Crippen molar-refractivity contribution in [1.29, 1.82) is 0 Å². The van der Waals surface area contributed by atoms with Gasteiger partial charge in [0.05, 0.1) is 57.7 Å². The first-order valence-corrected chi connectivity index (χ1v) is 13.7. The van der Waals surface area contributed by atoms with Crippen LogP contribution in [0.1, 0.15) is 50.5 Å². The Hall–Kier alpha value is -4.93. The normalized spacial score (nSPS) is 10.8. The lowest BCUT2D eigenvalue weighted by Gasteiger charge is -2.28. The molecule has 0 N–H and O–H groups in total. The van der Waals surface area contributed by atoms with E-state index in [1.165, 1.54) is 59.8 Å². The largest absolute Gasteiger partial charge is 0.497 e. The van der Waals surface area contributed by atoms with Crippen LogP contribution in [0.25, 0.3) is 0 Å². The van der Waals surface area contributed by atoms with Gasteiger partial charge < -0.3 is 37.9 Å². The van der Waals surface area contributed by atoms with E-state index >= 15 is 0 Å². The molecular formula is C33H38O11. The minimum atomic E-state index is -1.14. The SMILES string of the molecule is CCc1cc(OC)cc(C(=O)OCC(C)(COC(=O)c2cc(OC)cc(OC)c2)COC(=O)c2cc(OC)cc(OC)c2)c1. The number of esters is 3. The van der Waals surface area contributed by atoms with Gasteiger partial charge in [0.25, 0.3) is 0 Å². The summed E-state index contributed by atoms with van der Waals surface area (Å²) in [5.74, 6) is 0.163. The van der Waals surface area contributed by atoms with Crippen molar-refractivity contribution >= 4 is 17.9 Å². The Labute approximate surface area is 256 Å². The average molecular weight is 611 g/mol. The van der Waals surface area contributed by atoms with Gasteiger partial charge in [-0.3, -0.25) is 0 Å². The van der Waals surface area contributed by atoms with Crippen LogP contribution in [0, 0.1) is 5.41 Å². The van der Waals surface area contributed by atoms with Gasteiger partial charge in [0.1, 0.15) is 48.6 Å². The molecule has 0 radical (unpaired) electrons. The summed E-state index contributed by atoms with van der Waals surface area (Å²) in [5.41, 5.74) is 0.419. The van der Waals surface area contributed by atoms with E-state index in [2.05, 4.69) is 0 Å². The zero-order chi connectivity index (χ0) is 32.3. The molecule has 0 atom stereocenters. The zero-order valence-corrected chi connectivity index (χ0v) is 26.0. The van der Waals surface area contributed by atoms with Crippen LogP contribution in [-0.4, -0.2) is 73.3 Å². The Morgan fingerprint density at radius 1 is 0.500 bits per heavy atom. The predicted octanol–water partition coefficient (Wildman–Crippen LogP) is 5.17. The van der Waals surface area contributed by atoms with E-state index in [-0.39, 0.29) is 30.9 Å². The Bertz CT molecular complexity index is 1220. The number of ether oxygens (including phenoxy) is 8. The van der Waals surface area contributed by atoms with Crippen molar-refractivity contribution in [2.75, 3.05) is 55.4 Å². The molecule has 0 bridgehead atoms. The monoisotopic (exact) mass is 610 g/mol. The molecule has 0 spiro atoms. The van der Waals surface area contributed by atoms with Gasteiger partial charge in [-0.05, 0) is 61.4 Å². The van der Waals surface area contributed by atoms with E-state index in [1.54, 1.807) is 31.2 Å². The molecule has 3 aromatic carbocycles. The van der Waals surface area contributed by atoms with E-state index in [1.807, 2.05) is 13.0 Å². The highest BCUT2D eigenvalue weighted by Crippen LogP contribution is 2.27. The van der Waals surface area contributed by atoms with Crippen molar-refractivity contribution in [2.24, 2.45) is 5.41 Å². The van der Waals surface area contributed by atoms with E-state index in [4.69, 9.17) is 37.9 Å². The summed E-state index contributed by atoms with van der Waals surface area (Å²) < 4.78 is 43.2. The molecule has 0 aliphatic heterocycles. The summed E-state index contributed by atoms with van der Waals surface area (Å²) in [6.45, 7) is 2.87. The van der Waals surface area contributed by atoms with Gasteiger partial charge in [-0.15, -0.1) is 0 Å². The van der Waals surface area contributed by atoms with E-state index in [0.29, 0.717) is 40.7 Å². The Morgan fingerprint density at radius 3 is 1.09 bits per heavy atom. The minimum Gasteiger partial charge on any atom is -0.497 e. The van der Waals surface area contributed by atoms with Crippen LogP contribution >= 0.6 is 0 Å². The van der Waals surface area contributed by atoms with E-state index < -0.39 is 23.3 Å². The van der Waals surface area contributed by atoms with Gasteiger partial charge in [-0.2, -0.15) is 0 Å². The molecule has 44 heavy (non-hydrogen) atoms. The molecule has 0 saturated heterocycles. The summed E-state index contributed by atoms with van der Waals surface area (Å²) in [6.07, 6.45) is 0.686. The zero-order valence-electron chi connectivity index (χ0n) is 26.0. The summed E-state index contributed by atoms with van der Waals surface area (Å²) in [5, 5.41) is 0. The van der Waals surface area contributed by atoms with Crippen molar-refractivity contribution in [3.63, 3.8) is 0 Å². The van der Waals surface area contributed by atoms with Gasteiger partial charge in [-0.1, -0.05) is 6.92 Å². The Kier molecular flexibility index (Phi) is 11.8. The third-order valence-electron chi connectivity index (χ3n) is 6.68. The minimum absolute atomic E-state index is 0.185. The van der Waals surface area contributed by atoms with Gasteiger partial charge in [0.2, 0.25) is 0 Å². The predicted molar refractivity (Wildman–Crippen MR) is 160 cm³/mol. The smallest absolute Gasteiger partial charge is 0.338 e. The molecule has 0 heterocycles. The highest BCUT2D eigenvalue weighted by Gasteiger charge is 2.32. The summed E-state index contributed by atoms with van der Waals surface area (Å²) >= 11 is 0. The molecule has 0 amide bonds. The number of aryl methyl sites for hydroxylation is 1. The fourth-order valence-corrected chi connectivity index (χ4v) is 4.05. The van der Waals surface area contributed by atoms with Crippen LogP contribution < -0.4 is 23.7 Å². The molecule has 0 fully saturated rings. The highest BCUT2D eigenvalue weighted by atomic mass is 16.6. The molecule has 0 unspecified atom stereocenters. The van der Waals surface area contributed by atoms with Crippen molar-refractivity contribution in [1.82, 2.24) is 0 Å². The number of methoxy groups -OCH3 is 5. The molecule has 11 nitrogen and oxygen atoms in total.